The van der Waals surface area contributed by atoms with Crippen LogP contribution in [-0.4, -0.2) is 36.3 Å². The number of hydrogen-bond donors (Lipinski definition) is 1. The van der Waals surface area contributed by atoms with Crippen molar-refractivity contribution in [3.63, 3.8) is 0 Å². The average Bonchev–Trinajstić information content (AvgIpc) is 2.35. The molecule has 1 aromatic heterocycles. The van der Waals surface area contributed by atoms with Gasteiger partial charge in [-0.2, -0.15) is 0 Å². The zero-order valence-electron chi connectivity index (χ0n) is 11.4. The molecule has 0 spiro atoms. The molecule has 1 aliphatic heterocycles. The number of aryl methyl sites for hydroxylation is 1. The van der Waals surface area contributed by atoms with Crippen molar-refractivity contribution in [1.82, 2.24) is 9.97 Å². The van der Waals surface area contributed by atoms with Crippen LogP contribution < -0.4 is 10.6 Å². The van der Waals surface area contributed by atoms with Gasteiger partial charge in [0, 0.05) is 25.8 Å². The minimum absolute atomic E-state index is 0.305. The minimum Gasteiger partial charge on any atom is -0.383 e. The summed E-state index contributed by atoms with van der Waals surface area (Å²) >= 11 is 0. The maximum atomic E-state index is 5.88. The molecule has 1 aliphatic rings. The molecule has 1 aromatic rings. The van der Waals surface area contributed by atoms with Crippen LogP contribution in [-0.2, 0) is 4.74 Å². The lowest BCUT2D eigenvalue weighted by Gasteiger charge is -2.29. The summed E-state index contributed by atoms with van der Waals surface area (Å²) in [5, 5.41) is 0. The van der Waals surface area contributed by atoms with Crippen LogP contribution in [0.4, 0.5) is 11.6 Å². The summed E-state index contributed by atoms with van der Waals surface area (Å²) in [6, 6.07) is 0. The van der Waals surface area contributed by atoms with E-state index in [-0.39, 0.29) is 0 Å². The molecule has 2 rings (SSSR count). The Balaban J connectivity index is 2.10. The number of ether oxygens (including phenoxy) is 1. The standard InChI is InChI=1S/C13H22N4O/c1-9-12(14)15-10(2)16-13(9)17(3)8-11-6-4-5-7-18-11/h11H,4-8H2,1-3H3,(H2,14,15,16). The highest BCUT2D eigenvalue weighted by Crippen LogP contribution is 2.22. The van der Waals surface area contributed by atoms with Gasteiger partial charge in [-0.05, 0) is 33.1 Å². The third kappa shape index (κ3) is 2.90. The summed E-state index contributed by atoms with van der Waals surface area (Å²) in [4.78, 5) is 10.8. The van der Waals surface area contributed by atoms with Gasteiger partial charge in [-0.15, -0.1) is 0 Å². The highest BCUT2D eigenvalue weighted by Gasteiger charge is 2.18. The Morgan fingerprint density at radius 3 is 2.78 bits per heavy atom. The lowest BCUT2D eigenvalue weighted by Crippen LogP contribution is -2.34. The normalized spacial score (nSPS) is 19.8. The van der Waals surface area contributed by atoms with Crippen LogP contribution in [0.2, 0.25) is 0 Å². The molecular formula is C13H22N4O. The molecule has 2 heterocycles. The van der Waals surface area contributed by atoms with Gasteiger partial charge in [0.1, 0.15) is 17.5 Å². The molecule has 0 amide bonds. The average molecular weight is 250 g/mol. The van der Waals surface area contributed by atoms with E-state index >= 15 is 0 Å². The molecule has 0 saturated carbocycles. The van der Waals surface area contributed by atoms with Crippen LogP contribution in [0.15, 0.2) is 0 Å². The van der Waals surface area contributed by atoms with Crippen molar-refractivity contribution in [1.29, 1.82) is 0 Å². The summed E-state index contributed by atoms with van der Waals surface area (Å²) in [7, 11) is 2.03. The van der Waals surface area contributed by atoms with Crippen molar-refractivity contribution in [2.24, 2.45) is 0 Å². The van der Waals surface area contributed by atoms with Gasteiger partial charge >= 0.3 is 0 Å². The fraction of sp³-hybridized carbons (Fsp3) is 0.692. The Labute approximate surface area is 108 Å². The minimum atomic E-state index is 0.305. The van der Waals surface area contributed by atoms with Gasteiger partial charge in [0.2, 0.25) is 0 Å². The number of likely N-dealkylation sites (N-methyl/N-ethyl adjacent to an activating group) is 1. The molecule has 5 nitrogen and oxygen atoms in total. The van der Waals surface area contributed by atoms with Crippen LogP contribution in [0.1, 0.15) is 30.7 Å². The summed E-state index contributed by atoms with van der Waals surface area (Å²) in [6.45, 7) is 5.56. The van der Waals surface area contributed by atoms with E-state index in [9.17, 15) is 0 Å². The molecule has 0 aliphatic carbocycles. The third-order valence-electron chi connectivity index (χ3n) is 3.38. The molecule has 18 heavy (non-hydrogen) atoms. The number of nitrogens with two attached hydrogens (primary N) is 1. The Morgan fingerprint density at radius 2 is 2.11 bits per heavy atom. The summed E-state index contributed by atoms with van der Waals surface area (Å²) < 4.78 is 5.75. The van der Waals surface area contributed by atoms with Crippen LogP contribution in [0.3, 0.4) is 0 Å². The van der Waals surface area contributed by atoms with Crippen molar-refractivity contribution >= 4 is 11.6 Å². The van der Waals surface area contributed by atoms with Gasteiger partial charge in [0.05, 0.1) is 6.10 Å². The quantitative estimate of drug-likeness (QED) is 0.884. The number of hydrogen-bond acceptors (Lipinski definition) is 5. The highest BCUT2D eigenvalue weighted by molar-refractivity contribution is 5.56. The van der Waals surface area contributed by atoms with Crippen molar-refractivity contribution in [2.45, 2.75) is 39.2 Å². The van der Waals surface area contributed by atoms with Gasteiger partial charge in [0.15, 0.2) is 0 Å². The SMILES string of the molecule is Cc1nc(N)c(C)c(N(C)CC2CCCCO2)n1. The fourth-order valence-corrected chi connectivity index (χ4v) is 2.35. The number of rotatable bonds is 3. The molecule has 1 atom stereocenters. The summed E-state index contributed by atoms with van der Waals surface area (Å²) in [5.74, 6) is 2.19. The van der Waals surface area contributed by atoms with Gasteiger partial charge in [-0.25, -0.2) is 9.97 Å². The fourth-order valence-electron chi connectivity index (χ4n) is 2.35. The molecule has 0 aromatic carbocycles. The van der Waals surface area contributed by atoms with Crippen molar-refractivity contribution in [2.75, 3.05) is 30.8 Å². The number of nitrogens with zero attached hydrogens (tertiary/aromatic N) is 3. The van der Waals surface area contributed by atoms with E-state index in [0.717, 1.165) is 31.0 Å². The predicted molar refractivity (Wildman–Crippen MR) is 72.8 cm³/mol. The molecule has 5 heteroatoms. The number of anilines is 2. The first-order valence-electron chi connectivity index (χ1n) is 6.51. The zero-order valence-corrected chi connectivity index (χ0v) is 11.4. The van der Waals surface area contributed by atoms with Crippen LogP contribution in [0.5, 0.6) is 0 Å². The maximum absolute atomic E-state index is 5.88. The highest BCUT2D eigenvalue weighted by atomic mass is 16.5. The van der Waals surface area contributed by atoms with Gasteiger partial charge in [-0.1, -0.05) is 0 Å². The van der Waals surface area contributed by atoms with Crippen LogP contribution >= 0.6 is 0 Å². The Hall–Kier alpha value is -1.36. The van der Waals surface area contributed by atoms with E-state index in [1.54, 1.807) is 0 Å². The van der Waals surface area contributed by atoms with E-state index < -0.39 is 0 Å². The molecule has 1 unspecified atom stereocenters. The molecule has 1 saturated heterocycles. The molecule has 100 valence electrons. The lowest BCUT2D eigenvalue weighted by molar-refractivity contribution is 0.0215. The summed E-state index contributed by atoms with van der Waals surface area (Å²) in [6.07, 6.45) is 3.86. The predicted octanol–water partition coefficient (Wildman–Crippen LogP) is 1.68. The van der Waals surface area contributed by atoms with Crippen LogP contribution in [0.25, 0.3) is 0 Å². The molecule has 0 bridgehead atoms. The van der Waals surface area contributed by atoms with E-state index in [0.29, 0.717) is 17.7 Å². The van der Waals surface area contributed by atoms with E-state index in [2.05, 4.69) is 14.9 Å². The third-order valence-corrected chi connectivity index (χ3v) is 3.38. The van der Waals surface area contributed by atoms with Gasteiger partial charge in [0.25, 0.3) is 0 Å². The topological polar surface area (TPSA) is 64.3 Å². The second-order valence-electron chi connectivity index (χ2n) is 4.97. The van der Waals surface area contributed by atoms with E-state index in [4.69, 9.17) is 10.5 Å². The molecular weight excluding hydrogens is 228 g/mol. The summed E-state index contributed by atoms with van der Waals surface area (Å²) in [5.41, 5.74) is 6.83. The first kappa shape index (κ1) is 13.1. The van der Waals surface area contributed by atoms with Crippen molar-refractivity contribution < 1.29 is 4.74 Å². The Kier molecular flexibility index (Phi) is 4.01. The lowest BCUT2D eigenvalue weighted by atomic mass is 10.1. The van der Waals surface area contributed by atoms with Crippen molar-refractivity contribution in [3.05, 3.63) is 11.4 Å². The number of nitrogen functional groups attached to an aromatic ring is 1. The number of aromatic nitrogens is 2. The Morgan fingerprint density at radius 1 is 1.33 bits per heavy atom. The van der Waals surface area contributed by atoms with E-state index in [1.165, 1.54) is 12.8 Å². The van der Waals surface area contributed by atoms with Crippen LogP contribution in [0, 0.1) is 13.8 Å². The molecule has 2 N–H and O–H groups in total. The van der Waals surface area contributed by atoms with Gasteiger partial charge < -0.3 is 15.4 Å². The zero-order chi connectivity index (χ0) is 13.1. The van der Waals surface area contributed by atoms with Gasteiger partial charge in [-0.3, -0.25) is 0 Å². The second kappa shape index (κ2) is 5.52. The molecule has 1 fully saturated rings. The smallest absolute Gasteiger partial charge is 0.137 e. The second-order valence-corrected chi connectivity index (χ2v) is 4.97. The molecule has 0 radical (unpaired) electrons. The monoisotopic (exact) mass is 250 g/mol. The van der Waals surface area contributed by atoms with E-state index in [1.807, 2.05) is 20.9 Å². The van der Waals surface area contributed by atoms with Crippen molar-refractivity contribution in [3.8, 4) is 0 Å². The first-order valence-corrected chi connectivity index (χ1v) is 6.51. The Bertz CT molecular complexity index is 416. The maximum Gasteiger partial charge on any atom is 0.137 e. The largest absolute Gasteiger partial charge is 0.383 e. The first-order chi connectivity index (χ1) is 8.58.